The van der Waals surface area contributed by atoms with Crippen molar-refractivity contribution < 1.29 is 14.3 Å². The van der Waals surface area contributed by atoms with Crippen LogP contribution >= 0.6 is 0 Å². The third-order valence-corrected chi connectivity index (χ3v) is 4.28. The molecule has 3 rings (SSSR count). The molecule has 0 spiro atoms. The topological polar surface area (TPSA) is 50.8 Å². The summed E-state index contributed by atoms with van der Waals surface area (Å²) in [4.78, 5) is 14.1. The van der Waals surface area contributed by atoms with Gasteiger partial charge in [-0.2, -0.15) is 0 Å². The van der Waals surface area contributed by atoms with Crippen LogP contribution in [-0.4, -0.2) is 56.4 Å². The maximum Gasteiger partial charge on any atom is 0.246 e. The zero-order chi connectivity index (χ0) is 15.9. The molecule has 1 heterocycles. The first kappa shape index (κ1) is 16.4. The summed E-state index contributed by atoms with van der Waals surface area (Å²) in [6, 6.07) is 10.4. The molecule has 1 N–H and O–H groups in total. The van der Waals surface area contributed by atoms with Crippen molar-refractivity contribution in [2.45, 2.75) is 25.5 Å². The Morgan fingerprint density at radius 1 is 1.30 bits per heavy atom. The zero-order valence-corrected chi connectivity index (χ0v) is 13.6. The summed E-state index contributed by atoms with van der Waals surface area (Å²) in [5.41, 5.74) is 1.31. The van der Waals surface area contributed by atoms with Gasteiger partial charge in [-0.15, -0.1) is 0 Å². The van der Waals surface area contributed by atoms with Gasteiger partial charge in [0.25, 0.3) is 0 Å². The zero-order valence-electron chi connectivity index (χ0n) is 13.6. The van der Waals surface area contributed by atoms with Crippen LogP contribution in [0.5, 0.6) is 0 Å². The second-order valence-corrected chi connectivity index (χ2v) is 6.48. The summed E-state index contributed by atoms with van der Waals surface area (Å²) in [5, 5.41) is 2.92. The average Bonchev–Trinajstić information content (AvgIpc) is 3.39. The molecule has 5 heteroatoms. The molecule has 0 radical (unpaired) electrons. The number of ether oxygens (including phenoxy) is 2. The Morgan fingerprint density at radius 3 is 2.91 bits per heavy atom. The fourth-order valence-corrected chi connectivity index (χ4v) is 2.77. The Hall–Kier alpha value is -1.43. The number of carbonyl (C=O) groups is 1. The van der Waals surface area contributed by atoms with E-state index in [1.54, 1.807) is 0 Å². The monoisotopic (exact) mass is 318 g/mol. The minimum Gasteiger partial charge on any atom is -0.374 e. The molecule has 23 heavy (non-hydrogen) atoms. The Kier molecular flexibility index (Phi) is 6.02. The molecule has 1 aliphatic carbocycles. The molecule has 0 aromatic heterocycles. The lowest BCUT2D eigenvalue weighted by Crippen LogP contribution is -2.47. The van der Waals surface area contributed by atoms with Crippen LogP contribution < -0.4 is 5.32 Å². The lowest BCUT2D eigenvalue weighted by molar-refractivity contribution is -0.127. The molecule has 1 aromatic rings. The summed E-state index contributed by atoms with van der Waals surface area (Å²) >= 11 is 0. The fourth-order valence-electron chi connectivity index (χ4n) is 2.77. The maximum atomic E-state index is 11.8. The molecular weight excluding hydrogens is 292 g/mol. The number of carbonyl (C=O) groups excluding carboxylic acids is 1. The highest BCUT2D eigenvalue weighted by molar-refractivity contribution is 5.77. The quantitative estimate of drug-likeness (QED) is 0.788. The van der Waals surface area contributed by atoms with Gasteiger partial charge in [0, 0.05) is 26.2 Å². The van der Waals surface area contributed by atoms with Gasteiger partial charge in [-0.1, -0.05) is 30.3 Å². The van der Waals surface area contributed by atoms with Crippen LogP contribution in [0.25, 0.3) is 0 Å². The average molecular weight is 318 g/mol. The number of nitrogens with one attached hydrogen (secondary N) is 1. The Labute approximate surface area is 137 Å². The van der Waals surface area contributed by atoms with Crippen molar-refractivity contribution in [2.24, 2.45) is 5.92 Å². The second-order valence-electron chi connectivity index (χ2n) is 6.48. The van der Waals surface area contributed by atoms with Crippen LogP contribution in [0, 0.1) is 5.92 Å². The first-order valence-corrected chi connectivity index (χ1v) is 8.52. The van der Waals surface area contributed by atoms with Gasteiger partial charge in [0.2, 0.25) is 5.91 Å². The minimum atomic E-state index is -0.0468. The van der Waals surface area contributed by atoms with Crippen molar-refractivity contribution in [1.29, 1.82) is 0 Å². The van der Waals surface area contributed by atoms with Crippen LogP contribution in [0.15, 0.2) is 30.3 Å². The summed E-state index contributed by atoms with van der Waals surface area (Å²) in [6.45, 7) is 4.86. The first-order chi connectivity index (χ1) is 11.3. The molecule has 0 unspecified atom stereocenters. The number of nitrogens with zero attached hydrogens (tertiary/aromatic N) is 1. The summed E-state index contributed by atoms with van der Waals surface area (Å²) < 4.78 is 11.1. The van der Waals surface area contributed by atoms with E-state index >= 15 is 0 Å². The molecule has 2 aliphatic rings. The van der Waals surface area contributed by atoms with E-state index in [2.05, 4.69) is 34.5 Å². The lowest BCUT2D eigenvalue weighted by atomic mass is 10.2. The normalized spacial score (nSPS) is 22.0. The highest BCUT2D eigenvalue weighted by Gasteiger charge is 2.23. The molecular formula is C18H26N2O3. The second kappa shape index (κ2) is 8.43. The molecule has 0 bridgehead atoms. The van der Waals surface area contributed by atoms with Gasteiger partial charge in [0.15, 0.2) is 0 Å². The molecule has 1 aliphatic heterocycles. The Morgan fingerprint density at radius 2 is 2.13 bits per heavy atom. The highest BCUT2D eigenvalue weighted by atomic mass is 16.5. The van der Waals surface area contributed by atoms with Crippen molar-refractivity contribution in [1.82, 2.24) is 10.2 Å². The van der Waals surface area contributed by atoms with E-state index in [1.165, 1.54) is 18.4 Å². The predicted octanol–water partition coefficient (Wildman–Crippen LogP) is 1.43. The largest absolute Gasteiger partial charge is 0.374 e. The molecule has 1 aromatic carbocycles. The highest BCUT2D eigenvalue weighted by Crippen LogP contribution is 2.28. The predicted molar refractivity (Wildman–Crippen MR) is 88.0 cm³/mol. The van der Waals surface area contributed by atoms with Gasteiger partial charge in [-0.25, -0.2) is 0 Å². The van der Waals surface area contributed by atoms with Gasteiger partial charge in [-0.3, -0.25) is 9.69 Å². The molecule has 1 saturated heterocycles. The van der Waals surface area contributed by atoms with Gasteiger partial charge < -0.3 is 14.8 Å². The number of benzene rings is 1. The van der Waals surface area contributed by atoms with Gasteiger partial charge >= 0.3 is 0 Å². The lowest BCUT2D eigenvalue weighted by Gasteiger charge is -2.33. The molecule has 1 amide bonds. The van der Waals surface area contributed by atoms with E-state index in [4.69, 9.17) is 9.47 Å². The van der Waals surface area contributed by atoms with Gasteiger partial charge in [-0.05, 0) is 24.3 Å². The Bertz CT molecular complexity index is 490. The van der Waals surface area contributed by atoms with Crippen molar-refractivity contribution >= 4 is 5.91 Å². The number of morpholine rings is 1. The van der Waals surface area contributed by atoms with E-state index in [0.717, 1.165) is 26.2 Å². The molecule has 1 atom stereocenters. The minimum absolute atomic E-state index is 0.0468. The Balaban J connectivity index is 1.33. The third kappa shape index (κ3) is 5.94. The van der Waals surface area contributed by atoms with Gasteiger partial charge in [0.1, 0.15) is 6.61 Å². The summed E-state index contributed by atoms with van der Waals surface area (Å²) in [5.74, 6) is 0.644. The summed E-state index contributed by atoms with van der Waals surface area (Å²) in [7, 11) is 0. The van der Waals surface area contributed by atoms with Crippen LogP contribution in [-0.2, 0) is 20.8 Å². The number of amides is 1. The van der Waals surface area contributed by atoms with E-state index in [9.17, 15) is 4.79 Å². The SMILES string of the molecule is O=C(COCC1CC1)NC[C@H]1CN(Cc2ccccc2)CCO1. The van der Waals surface area contributed by atoms with Crippen LogP contribution in [0.3, 0.4) is 0 Å². The molecule has 2 fully saturated rings. The van der Waals surface area contributed by atoms with E-state index < -0.39 is 0 Å². The van der Waals surface area contributed by atoms with Crippen molar-refractivity contribution in [2.75, 3.05) is 39.5 Å². The fraction of sp³-hybridized carbons (Fsp3) is 0.611. The summed E-state index contributed by atoms with van der Waals surface area (Å²) in [6.07, 6.45) is 2.55. The maximum absolute atomic E-state index is 11.8. The van der Waals surface area contributed by atoms with Crippen molar-refractivity contribution in [3.8, 4) is 0 Å². The standard InChI is InChI=1S/C18H26N2O3/c21-18(14-22-13-16-6-7-16)19-10-17-12-20(8-9-23-17)11-15-4-2-1-3-5-15/h1-5,16-17H,6-14H2,(H,19,21)/t17-/m0/s1. The number of rotatable bonds is 8. The van der Waals surface area contributed by atoms with Crippen LogP contribution in [0.4, 0.5) is 0 Å². The molecule has 126 valence electrons. The van der Waals surface area contributed by atoms with E-state index in [-0.39, 0.29) is 18.6 Å². The number of hydrogen-bond donors (Lipinski definition) is 1. The van der Waals surface area contributed by atoms with Crippen molar-refractivity contribution in [3.05, 3.63) is 35.9 Å². The third-order valence-electron chi connectivity index (χ3n) is 4.28. The number of hydrogen-bond acceptors (Lipinski definition) is 4. The van der Waals surface area contributed by atoms with E-state index in [0.29, 0.717) is 19.1 Å². The van der Waals surface area contributed by atoms with Crippen molar-refractivity contribution in [3.63, 3.8) is 0 Å². The molecule has 1 saturated carbocycles. The van der Waals surface area contributed by atoms with Crippen LogP contribution in [0.1, 0.15) is 18.4 Å². The first-order valence-electron chi connectivity index (χ1n) is 8.52. The van der Waals surface area contributed by atoms with Gasteiger partial charge in [0.05, 0.1) is 19.3 Å². The van der Waals surface area contributed by atoms with Crippen LogP contribution in [0.2, 0.25) is 0 Å². The van der Waals surface area contributed by atoms with E-state index in [1.807, 2.05) is 6.07 Å². The molecule has 5 nitrogen and oxygen atoms in total. The smallest absolute Gasteiger partial charge is 0.246 e.